The number of carboxylic acids is 1. The Bertz CT molecular complexity index is 162. The van der Waals surface area contributed by atoms with Crippen LogP contribution in [0.2, 0.25) is 0 Å². The molecule has 1 heterocycles. The monoisotopic (exact) mass is 186 g/mol. The number of carboxylic acid groups (broad SMARTS) is 1. The van der Waals surface area contributed by atoms with Crippen molar-refractivity contribution in [2.75, 3.05) is 13.2 Å². The van der Waals surface area contributed by atoms with E-state index in [9.17, 15) is 4.79 Å². The fraction of sp³-hybridized carbons (Fsp3) is 0.900. The molecule has 0 aliphatic carbocycles. The molecule has 3 nitrogen and oxygen atoms in total. The highest BCUT2D eigenvalue weighted by Crippen LogP contribution is 2.22. The van der Waals surface area contributed by atoms with E-state index in [1.54, 1.807) is 6.92 Å². The van der Waals surface area contributed by atoms with Crippen molar-refractivity contribution >= 4 is 5.97 Å². The minimum atomic E-state index is -0.674. The predicted molar refractivity (Wildman–Crippen MR) is 49.6 cm³/mol. The van der Waals surface area contributed by atoms with Gasteiger partial charge in [0.25, 0.3) is 0 Å². The number of hydrogen-bond acceptors (Lipinski definition) is 2. The van der Waals surface area contributed by atoms with Crippen LogP contribution in [0.15, 0.2) is 0 Å². The average Bonchev–Trinajstić information content (AvgIpc) is 2.15. The largest absolute Gasteiger partial charge is 0.481 e. The van der Waals surface area contributed by atoms with Gasteiger partial charge in [-0.05, 0) is 31.6 Å². The molecule has 76 valence electrons. The third kappa shape index (κ3) is 3.77. The van der Waals surface area contributed by atoms with E-state index in [1.807, 2.05) is 0 Å². The quantitative estimate of drug-likeness (QED) is 0.729. The first-order valence-electron chi connectivity index (χ1n) is 5.00. The van der Waals surface area contributed by atoms with Crippen molar-refractivity contribution in [1.29, 1.82) is 0 Å². The van der Waals surface area contributed by atoms with Crippen LogP contribution >= 0.6 is 0 Å². The molecule has 1 N–H and O–H groups in total. The Hall–Kier alpha value is -0.570. The van der Waals surface area contributed by atoms with Crippen molar-refractivity contribution in [2.45, 2.75) is 32.6 Å². The lowest BCUT2D eigenvalue weighted by Crippen LogP contribution is -2.18. The van der Waals surface area contributed by atoms with Gasteiger partial charge in [0.15, 0.2) is 0 Å². The maximum absolute atomic E-state index is 10.5. The third-order valence-electron chi connectivity index (χ3n) is 2.77. The van der Waals surface area contributed by atoms with Gasteiger partial charge >= 0.3 is 5.97 Å². The second kappa shape index (κ2) is 5.22. The topological polar surface area (TPSA) is 46.5 Å². The molecule has 0 radical (unpaired) electrons. The minimum absolute atomic E-state index is 0.192. The number of aliphatic carboxylic acids is 1. The molecule has 1 aliphatic heterocycles. The molecule has 13 heavy (non-hydrogen) atoms. The van der Waals surface area contributed by atoms with Crippen LogP contribution in [0.25, 0.3) is 0 Å². The van der Waals surface area contributed by atoms with Crippen molar-refractivity contribution in [3.8, 4) is 0 Å². The Morgan fingerprint density at radius 2 is 2.15 bits per heavy atom. The summed E-state index contributed by atoms with van der Waals surface area (Å²) in [6, 6.07) is 0. The number of ether oxygens (including phenoxy) is 1. The van der Waals surface area contributed by atoms with E-state index in [2.05, 4.69) is 0 Å². The maximum Gasteiger partial charge on any atom is 0.306 e. The highest BCUT2D eigenvalue weighted by molar-refractivity contribution is 5.69. The predicted octanol–water partition coefficient (Wildman–Crippen LogP) is 1.91. The van der Waals surface area contributed by atoms with Crippen molar-refractivity contribution in [1.82, 2.24) is 0 Å². The Morgan fingerprint density at radius 1 is 1.54 bits per heavy atom. The summed E-state index contributed by atoms with van der Waals surface area (Å²) in [5.41, 5.74) is 0. The third-order valence-corrected chi connectivity index (χ3v) is 2.77. The number of hydrogen-bond donors (Lipinski definition) is 1. The van der Waals surface area contributed by atoms with Crippen LogP contribution in [-0.2, 0) is 9.53 Å². The van der Waals surface area contributed by atoms with Gasteiger partial charge in [0, 0.05) is 13.2 Å². The highest BCUT2D eigenvalue weighted by Gasteiger charge is 2.17. The number of carbonyl (C=O) groups is 1. The van der Waals surface area contributed by atoms with E-state index < -0.39 is 5.97 Å². The normalized spacial score (nSPS) is 21.3. The molecule has 1 fully saturated rings. The van der Waals surface area contributed by atoms with Crippen LogP contribution in [0.5, 0.6) is 0 Å². The van der Waals surface area contributed by atoms with Gasteiger partial charge < -0.3 is 9.84 Å². The lowest BCUT2D eigenvalue weighted by atomic mass is 9.91. The maximum atomic E-state index is 10.5. The Balaban J connectivity index is 2.13. The standard InChI is InChI=1S/C10H18O3/c1-8(10(11)12)2-3-9-4-6-13-7-5-9/h8-9H,2-7H2,1H3,(H,11,12)/t8-/m0/s1. The summed E-state index contributed by atoms with van der Waals surface area (Å²) in [7, 11) is 0. The smallest absolute Gasteiger partial charge is 0.306 e. The SMILES string of the molecule is C[C@@H](CCC1CCOCC1)C(=O)O. The van der Waals surface area contributed by atoms with Crippen LogP contribution in [0.4, 0.5) is 0 Å². The Labute approximate surface area is 79.1 Å². The molecule has 0 aromatic carbocycles. The van der Waals surface area contributed by atoms with Gasteiger partial charge in [-0.25, -0.2) is 0 Å². The fourth-order valence-corrected chi connectivity index (χ4v) is 1.64. The Kier molecular flexibility index (Phi) is 4.22. The van der Waals surface area contributed by atoms with Crippen LogP contribution in [-0.4, -0.2) is 24.3 Å². The second-order valence-electron chi connectivity index (χ2n) is 3.87. The summed E-state index contributed by atoms with van der Waals surface area (Å²) in [5.74, 6) is -0.176. The molecule has 1 atom stereocenters. The molecule has 0 amide bonds. The van der Waals surface area contributed by atoms with E-state index >= 15 is 0 Å². The van der Waals surface area contributed by atoms with Gasteiger partial charge in [-0.3, -0.25) is 4.79 Å². The zero-order chi connectivity index (χ0) is 9.68. The second-order valence-corrected chi connectivity index (χ2v) is 3.87. The summed E-state index contributed by atoms with van der Waals surface area (Å²) < 4.78 is 5.24. The highest BCUT2D eigenvalue weighted by atomic mass is 16.5. The Morgan fingerprint density at radius 3 is 2.69 bits per heavy atom. The minimum Gasteiger partial charge on any atom is -0.481 e. The van der Waals surface area contributed by atoms with E-state index in [0.717, 1.165) is 38.9 Å². The van der Waals surface area contributed by atoms with Gasteiger partial charge in [-0.15, -0.1) is 0 Å². The molecule has 3 heteroatoms. The van der Waals surface area contributed by atoms with E-state index in [4.69, 9.17) is 9.84 Å². The first-order valence-corrected chi connectivity index (χ1v) is 5.00. The first-order chi connectivity index (χ1) is 6.20. The van der Waals surface area contributed by atoms with Gasteiger partial charge in [0.2, 0.25) is 0 Å². The molecule has 0 saturated carbocycles. The molecule has 0 spiro atoms. The average molecular weight is 186 g/mol. The van der Waals surface area contributed by atoms with Gasteiger partial charge in [0.1, 0.15) is 0 Å². The molecular formula is C10H18O3. The summed E-state index contributed by atoms with van der Waals surface area (Å²) in [6.07, 6.45) is 4.05. The van der Waals surface area contributed by atoms with Crippen molar-refractivity contribution in [2.24, 2.45) is 11.8 Å². The van der Waals surface area contributed by atoms with Gasteiger partial charge in [0.05, 0.1) is 5.92 Å². The molecule has 1 saturated heterocycles. The molecule has 0 aromatic rings. The van der Waals surface area contributed by atoms with Crippen molar-refractivity contribution in [3.63, 3.8) is 0 Å². The van der Waals surface area contributed by atoms with Crippen molar-refractivity contribution in [3.05, 3.63) is 0 Å². The van der Waals surface area contributed by atoms with Crippen LogP contribution in [0.1, 0.15) is 32.6 Å². The van der Waals surface area contributed by atoms with Gasteiger partial charge in [-0.1, -0.05) is 6.92 Å². The van der Waals surface area contributed by atoms with Crippen LogP contribution < -0.4 is 0 Å². The van der Waals surface area contributed by atoms with Crippen LogP contribution in [0, 0.1) is 11.8 Å². The molecular weight excluding hydrogens is 168 g/mol. The molecule has 1 aliphatic rings. The summed E-state index contributed by atoms with van der Waals surface area (Å²) >= 11 is 0. The van der Waals surface area contributed by atoms with E-state index in [1.165, 1.54) is 0 Å². The molecule has 0 aromatic heterocycles. The summed E-state index contributed by atoms with van der Waals surface area (Å²) in [4.78, 5) is 10.5. The fourth-order valence-electron chi connectivity index (χ4n) is 1.64. The molecule has 1 rings (SSSR count). The molecule has 0 unspecified atom stereocenters. The zero-order valence-corrected chi connectivity index (χ0v) is 8.16. The van der Waals surface area contributed by atoms with Gasteiger partial charge in [-0.2, -0.15) is 0 Å². The van der Waals surface area contributed by atoms with Crippen molar-refractivity contribution < 1.29 is 14.6 Å². The van der Waals surface area contributed by atoms with E-state index in [-0.39, 0.29) is 5.92 Å². The lowest BCUT2D eigenvalue weighted by molar-refractivity contribution is -0.141. The zero-order valence-electron chi connectivity index (χ0n) is 8.16. The number of rotatable bonds is 4. The first kappa shape index (κ1) is 10.5. The van der Waals surface area contributed by atoms with E-state index in [0.29, 0.717) is 5.92 Å². The lowest BCUT2D eigenvalue weighted by Gasteiger charge is -2.22. The summed E-state index contributed by atoms with van der Waals surface area (Å²) in [5, 5.41) is 8.69. The summed E-state index contributed by atoms with van der Waals surface area (Å²) in [6.45, 7) is 3.49. The molecule has 0 bridgehead atoms. The van der Waals surface area contributed by atoms with Crippen LogP contribution in [0.3, 0.4) is 0 Å².